The molecule has 0 aromatic carbocycles. The number of hydrazine groups is 1. The fraction of sp³-hybridized carbons (Fsp3) is 0.700. The molecule has 12 nitrogen and oxygen atoms in total. The van der Waals surface area contributed by atoms with Crippen LogP contribution in [-0.4, -0.2) is 66.2 Å². The van der Waals surface area contributed by atoms with E-state index in [0.29, 0.717) is 5.06 Å². The average Bonchev–Trinajstić information content (AvgIpc) is 2.69. The number of piperidine rings is 1. The summed E-state index contributed by atoms with van der Waals surface area (Å²) in [4.78, 5) is 36.2. The number of carbonyl (C=O) groups excluding carboxylic acids is 3. The van der Waals surface area contributed by atoms with Crippen LogP contribution in [0.2, 0.25) is 0 Å². The molecule has 24 heavy (non-hydrogen) atoms. The van der Waals surface area contributed by atoms with Gasteiger partial charge in [-0.1, -0.05) is 0 Å². The molecular formula is C10H15N4NaO8S. The van der Waals surface area contributed by atoms with E-state index in [1.807, 2.05) is 5.43 Å². The summed E-state index contributed by atoms with van der Waals surface area (Å²) in [6, 6.07) is -2.46. The molecule has 0 aromatic rings. The quantitative estimate of drug-likeness (QED) is 0.215. The molecule has 2 N–H and O–H groups in total. The fourth-order valence-corrected chi connectivity index (χ4v) is 2.85. The maximum absolute atomic E-state index is 12.1. The van der Waals surface area contributed by atoms with Crippen LogP contribution in [0.15, 0.2) is 0 Å². The number of hydrogen-bond donors (Lipinski definition) is 2. The second-order valence-corrected chi connectivity index (χ2v) is 5.79. The molecule has 4 amide bonds. The van der Waals surface area contributed by atoms with E-state index in [-0.39, 0.29) is 55.6 Å². The summed E-state index contributed by atoms with van der Waals surface area (Å²) < 4.78 is 40.6. The van der Waals surface area contributed by atoms with Gasteiger partial charge in [-0.05, 0) is 19.8 Å². The third-order valence-corrected chi connectivity index (χ3v) is 3.70. The number of ether oxygens (including phenoxy) is 1. The summed E-state index contributed by atoms with van der Waals surface area (Å²) in [5, 5.41) is 0.467. The second-order valence-electron chi connectivity index (χ2n) is 4.83. The number of rotatable bonds is 4. The molecule has 2 heterocycles. The van der Waals surface area contributed by atoms with Gasteiger partial charge in [0.2, 0.25) is 10.4 Å². The van der Waals surface area contributed by atoms with Crippen molar-refractivity contribution in [2.45, 2.75) is 31.8 Å². The smallest absolute Gasteiger partial charge is 0.724 e. The third-order valence-electron chi connectivity index (χ3n) is 3.36. The van der Waals surface area contributed by atoms with Gasteiger partial charge < -0.3 is 14.2 Å². The zero-order valence-electron chi connectivity index (χ0n) is 13.1. The maximum Gasteiger partial charge on any atom is 1.00 e. The van der Waals surface area contributed by atoms with Crippen LogP contribution in [0.5, 0.6) is 0 Å². The zero-order chi connectivity index (χ0) is 17.2. The van der Waals surface area contributed by atoms with Crippen molar-refractivity contribution in [3.8, 4) is 0 Å². The molecule has 0 saturated carbocycles. The van der Waals surface area contributed by atoms with E-state index in [1.165, 1.54) is 0 Å². The zero-order valence-corrected chi connectivity index (χ0v) is 15.9. The van der Waals surface area contributed by atoms with Crippen molar-refractivity contribution in [2.75, 3.05) is 13.2 Å². The standard InChI is InChI=1S/C10H16N4O8S.Na/c1-2-21-9(16)12-11-8(15)7-4-3-6-5-13(7)10(17)14(6)22-23(18,19)20;/h6-7H,2-5H2,1H3,(H,11,15)(H,12,16)(H,18,19,20);/q;+1/p-1/t6-,7+;/m1./s1. The minimum Gasteiger partial charge on any atom is -0.724 e. The number of fused-ring (bicyclic) bond motifs is 2. The van der Waals surface area contributed by atoms with Gasteiger partial charge in [-0.15, -0.1) is 0 Å². The normalized spacial score (nSPS) is 22.7. The number of urea groups is 1. The van der Waals surface area contributed by atoms with Crippen LogP contribution in [-0.2, 0) is 24.2 Å². The van der Waals surface area contributed by atoms with E-state index in [4.69, 9.17) is 0 Å². The molecule has 2 saturated heterocycles. The van der Waals surface area contributed by atoms with Crippen molar-refractivity contribution in [2.24, 2.45) is 0 Å². The van der Waals surface area contributed by atoms with Gasteiger partial charge in [-0.2, -0.15) is 9.35 Å². The fourth-order valence-electron chi connectivity index (χ4n) is 2.46. The third kappa shape index (κ3) is 4.94. The monoisotopic (exact) mass is 374 g/mol. The Balaban J connectivity index is 0.00000288. The first-order chi connectivity index (χ1) is 10.7. The van der Waals surface area contributed by atoms with Crippen molar-refractivity contribution in [3.05, 3.63) is 0 Å². The molecular weight excluding hydrogens is 359 g/mol. The van der Waals surface area contributed by atoms with Crippen LogP contribution in [0, 0.1) is 0 Å². The molecule has 14 heteroatoms. The number of nitrogens with one attached hydrogen (secondary N) is 2. The first-order valence-corrected chi connectivity index (χ1v) is 8.04. The summed E-state index contributed by atoms with van der Waals surface area (Å²) in [7, 11) is -5.09. The summed E-state index contributed by atoms with van der Waals surface area (Å²) in [5.74, 6) is -0.670. The van der Waals surface area contributed by atoms with Gasteiger partial charge in [-0.3, -0.25) is 10.2 Å². The predicted octanol–water partition coefficient (Wildman–Crippen LogP) is -4.57. The number of carbonyl (C=O) groups is 3. The van der Waals surface area contributed by atoms with Gasteiger partial charge in [0.15, 0.2) is 0 Å². The van der Waals surface area contributed by atoms with Crippen molar-refractivity contribution in [1.82, 2.24) is 20.8 Å². The van der Waals surface area contributed by atoms with Crippen LogP contribution >= 0.6 is 0 Å². The topological polar surface area (TPSA) is 157 Å². The van der Waals surface area contributed by atoms with E-state index < -0.39 is 40.5 Å². The molecule has 2 fully saturated rings. The van der Waals surface area contributed by atoms with E-state index >= 15 is 0 Å². The van der Waals surface area contributed by atoms with E-state index in [2.05, 4.69) is 14.4 Å². The largest absolute Gasteiger partial charge is 1.00 e. The minimum atomic E-state index is -5.09. The van der Waals surface area contributed by atoms with E-state index in [1.54, 1.807) is 6.92 Å². The van der Waals surface area contributed by atoms with Gasteiger partial charge in [-0.25, -0.2) is 23.4 Å². The van der Waals surface area contributed by atoms with Crippen LogP contribution in [0.1, 0.15) is 19.8 Å². The number of amides is 4. The molecule has 2 atom stereocenters. The van der Waals surface area contributed by atoms with Gasteiger partial charge in [0.25, 0.3) is 5.91 Å². The molecule has 130 valence electrons. The van der Waals surface area contributed by atoms with E-state index in [0.717, 1.165) is 4.90 Å². The Kier molecular flexibility index (Phi) is 7.25. The van der Waals surface area contributed by atoms with E-state index in [9.17, 15) is 27.4 Å². The van der Waals surface area contributed by atoms with Crippen LogP contribution in [0.3, 0.4) is 0 Å². The molecule has 0 aliphatic carbocycles. The molecule has 2 aliphatic rings. The maximum atomic E-state index is 12.1. The van der Waals surface area contributed by atoms with Crippen molar-refractivity contribution >= 4 is 28.4 Å². The Labute approximate surface area is 160 Å². The average molecular weight is 374 g/mol. The Morgan fingerprint density at radius 3 is 2.58 bits per heavy atom. The summed E-state index contributed by atoms with van der Waals surface area (Å²) >= 11 is 0. The number of nitrogens with zero attached hydrogens (tertiary/aromatic N) is 2. The summed E-state index contributed by atoms with van der Waals surface area (Å²) in [6.07, 6.45) is -0.384. The first kappa shape index (κ1) is 20.9. The van der Waals surface area contributed by atoms with Gasteiger partial charge in [0, 0.05) is 6.54 Å². The van der Waals surface area contributed by atoms with Crippen molar-refractivity contribution in [3.63, 3.8) is 0 Å². The van der Waals surface area contributed by atoms with Gasteiger partial charge in [0.1, 0.15) is 6.04 Å². The Bertz CT molecular complexity index is 614. The SMILES string of the molecule is CCOC(=O)NNC(=O)[C@@H]1CC[C@@H]2CN1C(=O)N2OS(=O)(=O)[O-].[Na+]. The Hall–Kier alpha value is -1.12. The Morgan fingerprint density at radius 1 is 1.33 bits per heavy atom. The number of hydroxylamine groups is 2. The van der Waals surface area contributed by atoms with Crippen LogP contribution < -0.4 is 40.4 Å². The summed E-state index contributed by atoms with van der Waals surface area (Å²) in [6.45, 7) is 1.74. The second kappa shape index (κ2) is 8.31. The molecule has 0 spiro atoms. The minimum absolute atomic E-state index is 0. The molecule has 2 aliphatic heterocycles. The summed E-state index contributed by atoms with van der Waals surface area (Å²) in [5.41, 5.74) is 4.12. The number of hydrogen-bond acceptors (Lipinski definition) is 8. The molecule has 2 rings (SSSR count). The van der Waals surface area contributed by atoms with Crippen LogP contribution in [0.25, 0.3) is 0 Å². The molecule has 0 radical (unpaired) electrons. The van der Waals surface area contributed by atoms with Crippen LogP contribution in [0.4, 0.5) is 9.59 Å². The van der Waals surface area contributed by atoms with Crippen molar-refractivity contribution < 1.29 is 65.9 Å². The first-order valence-electron chi connectivity index (χ1n) is 6.70. The molecule has 0 aromatic heterocycles. The Morgan fingerprint density at radius 2 is 2.00 bits per heavy atom. The molecule has 2 bridgehead atoms. The van der Waals surface area contributed by atoms with Crippen molar-refractivity contribution in [1.29, 1.82) is 0 Å². The predicted molar refractivity (Wildman–Crippen MR) is 69.8 cm³/mol. The van der Waals surface area contributed by atoms with Gasteiger partial charge >= 0.3 is 41.7 Å². The molecule has 0 unspecified atom stereocenters. The van der Waals surface area contributed by atoms with Gasteiger partial charge in [0.05, 0.1) is 12.6 Å².